The third kappa shape index (κ3) is 9.66. The Morgan fingerprint density at radius 2 is 1.40 bits per heavy atom. The zero-order chi connectivity index (χ0) is 24.7. The first-order chi connectivity index (χ1) is 17.1. The van der Waals surface area contributed by atoms with Gasteiger partial charge in [0.1, 0.15) is 11.9 Å². The van der Waals surface area contributed by atoms with E-state index in [2.05, 4.69) is 6.07 Å². The molecule has 2 aromatic rings. The number of carbonyl (C=O) groups is 2. The van der Waals surface area contributed by atoms with E-state index in [0.29, 0.717) is 18.8 Å². The molecule has 0 bridgehead atoms. The van der Waals surface area contributed by atoms with Gasteiger partial charge in [-0.1, -0.05) is 30.7 Å². The van der Waals surface area contributed by atoms with Crippen LogP contribution in [-0.2, 0) is 19.1 Å². The van der Waals surface area contributed by atoms with Crippen molar-refractivity contribution in [2.45, 2.75) is 63.9 Å². The van der Waals surface area contributed by atoms with Gasteiger partial charge < -0.3 is 14.2 Å². The standard InChI is InChI=1S/C29H33NO5/c30-22-23-10-12-24(13-11-23)25-14-16-26(17-15-25)33-20-6-1-2-7-21-34-28(31)18-19-29(32)35-27-8-4-3-5-9-27/h10-19,27H,1-9,20-21H2/b19-18+. The maximum atomic E-state index is 11.8. The lowest BCUT2D eigenvalue weighted by molar-refractivity contribution is -0.145. The second-order valence-electron chi connectivity index (χ2n) is 8.67. The summed E-state index contributed by atoms with van der Waals surface area (Å²) < 4.78 is 16.3. The first-order valence-electron chi connectivity index (χ1n) is 12.4. The van der Waals surface area contributed by atoms with E-state index in [1.807, 2.05) is 48.5 Å². The van der Waals surface area contributed by atoms with E-state index in [1.54, 1.807) is 0 Å². The van der Waals surface area contributed by atoms with E-state index >= 15 is 0 Å². The number of hydrogen-bond acceptors (Lipinski definition) is 6. The molecule has 0 N–H and O–H groups in total. The summed E-state index contributed by atoms with van der Waals surface area (Å²) in [4.78, 5) is 23.5. The van der Waals surface area contributed by atoms with Crippen molar-refractivity contribution in [2.75, 3.05) is 13.2 Å². The van der Waals surface area contributed by atoms with Crippen LogP contribution in [0.15, 0.2) is 60.7 Å². The number of nitriles is 1. The van der Waals surface area contributed by atoms with Crippen molar-refractivity contribution in [1.29, 1.82) is 5.26 Å². The predicted molar refractivity (Wildman–Crippen MR) is 134 cm³/mol. The molecule has 35 heavy (non-hydrogen) atoms. The van der Waals surface area contributed by atoms with Gasteiger partial charge >= 0.3 is 11.9 Å². The van der Waals surface area contributed by atoms with Crippen LogP contribution >= 0.6 is 0 Å². The second-order valence-corrected chi connectivity index (χ2v) is 8.67. The number of ether oxygens (including phenoxy) is 3. The van der Waals surface area contributed by atoms with Gasteiger partial charge in [-0.2, -0.15) is 5.26 Å². The largest absolute Gasteiger partial charge is 0.494 e. The van der Waals surface area contributed by atoms with E-state index in [0.717, 1.165) is 80.4 Å². The van der Waals surface area contributed by atoms with E-state index in [1.165, 1.54) is 6.42 Å². The van der Waals surface area contributed by atoms with Crippen LogP contribution in [0.2, 0.25) is 0 Å². The van der Waals surface area contributed by atoms with Gasteiger partial charge in [0, 0.05) is 12.2 Å². The van der Waals surface area contributed by atoms with Crippen molar-refractivity contribution < 1.29 is 23.8 Å². The normalized spacial score (nSPS) is 13.8. The molecule has 0 radical (unpaired) electrons. The highest BCUT2D eigenvalue weighted by Gasteiger charge is 2.16. The van der Waals surface area contributed by atoms with Gasteiger partial charge in [0.05, 0.1) is 24.8 Å². The van der Waals surface area contributed by atoms with Crippen LogP contribution in [0, 0.1) is 11.3 Å². The topological polar surface area (TPSA) is 85.6 Å². The fraction of sp³-hybridized carbons (Fsp3) is 0.414. The van der Waals surface area contributed by atoms with Crippen LogP contribution in [-0.4, -0.2) is 31.3 Å². The van der Waals surface area contributed by atoms with E-state index in [4.69, 9.17) is 19.5 Å². The summed E-state index contributed by atoms with van der Waals surface area (Å²) in [6, 6.07) is 17.5. The van der Waals surface area contributed by atoms with Crippen LogP contribution in [0.3, 0.4) is 0 Å². The molecular formula is C29H33NO5. The average Bonchev–Trinajstić information content (AvgIpc) is 2.90. The lowest BCUT2D eigenvalue weighted by Gasteiger charge is -2.20. The molecule has 0 spiro atoms. The van der Waals surface area contributed by atoms with Gasteiger partial charge in [0.2, 0.25) is 0 Å². The molecule has 0 aromatic heterocycles. The number of rotatable bonds is 12. The highest BCUT2D eigenvalue weighted by Crippen LogP contribution is 2.23. The highest BCUT2D eigenvalue weighted by atomic mass is 16.5. The number of carbonyl (C=O) groups excluding carboxylic acids is 2. The SMILES string of the molecule is N#Cc1ccc(-c2ccc(OCCCCCCOC(=O)/C=C/C(=O)OC3CCCCC3)cc2)cc1. The maximum absolute atomic E-state index is 11.8. The lowest BCUT2D eigenvalue weighted by Crippen LogP contribution is -2.19. The van der Waals surface area contributed by atoms with Crippen LogP contribution in [0.5, 0.6) is 5.75 Å². The molecule has 3 rings (SSSR count). The van der Waals surface area contributed by atoms with Crippen molar-refractivity contribution >= 4 is 11.9 Å². The summed E-state index contributed by atoms with van der Waals surface area (Å²) in [6.07, 6.45) is 11.1. The summed E-state index contributed by atoms with van der Waals surface area (Å²) >= 11 is 0. The molecule has 1 aliphatic carbocycles. The molecule has 1 saturated carbocycles. The Hall–Kier alpha value is -3.59. The Bertz CT molecular complexity index is 999. The molecule has 1 aliphatic rings. The molecule has 0 heterocycles. The molecule has 0 amide bonds. The number of benzene rings is 2. The average molecular weight is 476 g/mol. The summed E-state index contributed by atoms with van der Waals surface area (Å²) in [7, 11) is 0. The van der Waals surface area contributed by atoms with Crippen LogP contribution in [0.25, 0.3) is 11.1 Å². The first kappa shape index (κ1) is 26.0. The second kappa shape index (κ2) is 14.6. The van der Waals surface area contributed by atoms with Crippen LogP contribution < -0.4 is 4.74 Å². The third-order valence-electron chi connectivity index (χ3n) is 5.94. The lowest BCUT2D eigenvalue weighted by atomic mass is 9.98. The Balaban J connectivity index is 1.21. The van der Waals surface area contributed by atoms with Gasteiger partial charge in [-0.05, 0) is 86.8 Å². The minimum Gasteiger partial charge on any atom is -0.494 e. The molecule has 1 fully saturated rings. The van der Waals surface area contributed by atoms with Crippen molar-refractivity contribution in [2.24, 2.45) is 0 Å². The summed E-state index contributed by atoms with van der Waals surface area (Å²) in [6.45, 7) is 0.959. The van der Waals surface area contributed by atoms with E-state index < -0.39 is 11.9 Å². The Morgan fingerprint density at radius 3 is 2.06 bits per heavy atom. The zero-order valence-electron chi connectivity index (χ0n) is 20.1. The van der Waals surface area contributed by atoms with Crippen molar-refractivity contribution in [1.82, 2.24) is 0 Å². The van der Waals surface area contributed by atoms with Gasteiger partial charge in [-0.25, -0.2) is 9.59 Å². The minimum atomic E-state index is -0.515. The van der Waals surface area contributed by atoms with Gasteiger partial charge in [-0.3, -0.25) is 0 Å². The van der Waals surface area contributed by atoms with Crippen molar-refractivity contribution in [3.05, 3.63) is 66.2 Å². The summed E-state index contributed by atoms with van der Waals surface area (Å²) in [5.41, 5.74) is 2.79. The number of hydrogen-bond donors (Lipinski definition) is 0. The minimum absolute atomic E-state index is 0.0193. The monoisotopic (exact) mass is 475 g/mol. The smallest absolute Gasteiger partial charge is 0.331 e. The van der Waals surface area contributed by atoms with Gasteiger partial charge in [0.25, 0.3) is 0 Å². The predicted octanol–water partition coefficient (Wildman–Crippen LogP) is 6.14. The zero-order valence-corrected chi connectivity index (χ0v) is 20.1. The van der Waals surface area contributed by atoms with Crippen molar-refractivity contribution in [3.8, 4) is 22.9 Å². The molecule has 2 aromatic carbocycles. The van der Waals surface area contributed by atoms with E-state index in [9.17, 15) is 9.59 Å². The molecule has 0 saturated heterocycles. The maximum Gasteiger partial charge on any atom is 0.331 e. The third-order valence-corrected chi connectivity index (χ3v) is 5.94. The molecule has 6 heteroatoms. The molecule has 6 nitrogen and oxygen atoms in total. The van der Waals surface area contributed by atoms with Crippen LogP contribution in [0.4, 0.5) is 0 Å². The summed E-state index contributed by atoms with van der Waals surface area (Å²) in [5, 5.41) is 8.90. The fourth-order valence-corrected chi connectivity index (χ4v) is 3.97. The summed E-state index contributed by atoms with van der Waals surface area (Å²) in [5.74, 6) is -0.166. The molecule has 184 valence electrons. The number of unbranched alkanes of at least 4 members (excludes halogenated alkanes) is 3. The quantitative estimate of drug-likeness (QED) is 0.208. The molecular weight excluding hydrogens is 442 g/mol. The number of nitrogens with zero attached hydrogens (tertiary/aromatic N) is 1. The van der Waals surface area contributed by atoms with E-state index in [-0.39, 0.29) is 6.10 Å². The van der Waals surface area contributed by atoms with Gasteiger partial charge in [-0.15, -0.1) is 0 Å². The molecule has 0 unspecified atom stereocenters. The Labute approximate surface area is 207 Å². The van der Waals surface area contributed by atoms with Crippen LogP contribution in [0.1, 0.15) is 63.4 Å². The van der Waals surface area contributed by atoms with Gasteiger partial charge in [0.15, 0.2) is 0 Å². The van der Waals surface area contributed by atoms with Crippen molar-refractivity contribution in [3.63, 3.8) is 0 Å². The molecule has 0 atom stereocenters. The Morgan fingerprint density at radius 1 is 0.800 bits per heavy atom. The Kier molecular flexibility index (Phi) is 10.9. The highest BCUT2D eigenvalue weighted by molar-refractivity contribution is 5.91. The fourth-order valence-electron chi connectivity index (χ4n) is 3.97. The molecule has 0 aliphatic heterocycles. The first-order valence-corrected chi connectivity index (χ1v) is 12.4. The number of esters is 2.